The molecule has 136 valence electrons. The van der Waals surface area contributed by atoms with Crippen LogP contribution in [0.2, 0.25) is 0 Å². The number of methoxy groups -OCH3 is 1. The smallest absolute Gasteiger partial charge is 0.191 e. The molecule has 6 heteroatoms. The fourth-order valence-electron chi connectivity index (χ4n) is 2.45. The summed E-state index contributed by atoms with van der Waals surface area (Å²) >= 11 is 1.78. The molecule has 0 fully saturated rings. The minimum atomic E-state index is 0.324. The second-order valence-electron chi connectivity index (χ2n) is 5.92. The molecule has 5 nitrogen and oxygen atoms in total. The summed E-state index contributed by atoms with van der Waals surface area (Å²) in [6, 6.07) is 12.6. The van der Waals surface area contributed by atoms with Crippen LogP contribution >= 0.6 is 11.3 Å². The van der Waals surface area contributed by atoms with Crippen LogP contribution in [-0.4, -0.2) is 45.2 Å². The Balaban J connectivity index is 1.98. The average Bonchev–Trinajstić information content (AvgIpc) is 3.14. The number of likely N-dealkylation sites (N-methyl/N-ethyl adjacent to an activating group) is 1. The van der Waals surface area contributed by atoms with E-state index in [9.17, 15) is 0 Å². The summed E-state index contributed by atoms with van der Waals surface area (Å²) in [5, 5.41) is 8.90. The Kier molecular flexibility index (Phi) is 7.76. The molecule has 0 aliphatic rings. The Hall–Kier alpha value is -2.05. The molecular formula is C19H28N4OS. The minimum Gasteiger partial charge on any atom is -0.497 e. The Labute approximate surface area is 154 Å². The van der Waals surface area contributed by atoms with Crippen LogP contribution in [0.1, 0.15) is 23.4 Å². The van der Waals surface area contributed by atoms with Crippen molar-refractivity contribution >= 4 is 17.3 Å². The monoisotopic (exact) mass is 360 g/mol. The quantitative estimate of drug-likeness (QED) is 0.561. The largest absolute Gasteiger partial charge is 0.497 e. The maximum absolute atomic E-state index is 5.19. The van der Waals surface area contributed by atoms with Crippen molar-refractivity contribution in [3.63, 3.8) is 0 Å². The predicted molar refractivity (Wildman–Crippen MR) is 107 cm³/mol. The zero-order valence-electron chi connectivity index (χ0n) is 15.5. The minimum absolute atomic E-state index is 0.324. The van der Waals surface area contributed by atoms with Crippen LogP contribution < -0.4 is 15.4 Å². The lowest BCUT2D eigenvalue weighted by molar-refractivity contribution is 0.302. The second-order valence-corrected chi connectivity index (χ2v) is 6.90. The average molecular weight is 361 g/mol. The van der Waals surface area contributed by atoms with Crippen molar-refractivity contribution in [3.8, 4) is 5.75 Å². The van der Waals surface area contributed by atoms with E-state index in [0.717, 1.165) is 30.4 Å². The molecule has 25 heavy (non-hydrogen) atoms. The van der Waals surface area contributed by atoms with E-state index in [4.69, 9.17) is 9.73 Å². The summed E-state index contributed by atoms with van der Waals surface area (Å²) in [5.74, 6) is 1.70. The summed E-state index contributed by atoms with van der Waals surface area (Å²) in [7, 11) is 5.89. The van der Waals surface area contributed by atoms with Crippen molar-refractivity contribution < 1.29 is 4.74 Å². The third kappa shape index (κ3) is 6.07. The molecule has 1 heterocycles. The standard InChI is InChI=1S/C19H28N4OS/c1-5-20-19(21-13-15-8-10-16(24-4)11-9-15)22-14-17(23(2)3)18-7-6-12-25-18/h6-12,17H,5,13-14H2,1-4H3,(H2,20,21,22). The number of hydrogen-bond acceptors (Lipinski definition) is 4. The van der Waals surface area contributed by atoms with Gasteiger partial charge in [0.05, 0.1) is 19.7 Å². The van der Waals surface area contributed by atoms with Gasteiger partial charge in [-0.05, 0) is 50.2 Å². The van der Waals surface area contributed by atoms with Crippen molar-refractivity contribution in [2.75, 3.05) is 34.3 Å². The van der Waals surface area contributed by atoms with Gasteiger partial charge in [-0.2, -0.15) is 0 Å². The van der Waals surface area contributed by atoms with E-state index >= 15 is 0 Å². The molecule has 1 aromatic carbocycles. The summed E-state index contributed by atoms with van der Waals surface area (Å²) in [4.78, 5) is 8.27. The first-order valence-electron chi connectivity index (χ1n) is 8.49. The molecule has 2 N–H and O–H groups in total. The van der Waals surface area contributed by atoms with Gasteiger partial charge in [0.1, 0.15) is 5.75 Å². The topological polar surface area (TPSA) is 48.9 Å². The Morgan fingerprint density at radius 3 is 2.52 bits per heavy atom. The van der Waals surface area contributed by atoms with Crippen molar-refractivity contribution in [2.45, 2.75) is 19.5 Å². The van der Waals surface area contributed by atoms with Crippen LogP contribution in [0.3, 0.4) is 0 Å². The highest BCUT2D eigenvalue weighted by Crippen LogP contribution is 2.22. The number of nitrogens with zero attached hydrogens (tertiary/aromatic N) is 2. The molecule has 1 atom stereocenters. The van der Waals surface area contributed by atoms with E-state index in [2.05, 4.69) is 54.1 Å². The van der Waals surface area contributed by atoms with Gasteiger partial charge in [0, 0.05) is 18.0 Å². The number of nitrogens with one attached hydrogen (secondary N) is 2. The molecule has 2 aromatic rings. The molecule has 0 radical (unpaired) electrons. The van der Waals surface area contributed by atoms with Gasteiger partial charge in [0.15, 0.2) is 5.96 Å². The normalized spacial score (nSPS) is 12.9. The van der Waals surface area contributed by atoms with Gasteiger partial charge >= 0.3 is 0 Å². The molecule has 0 bridgehead atoms. The predicted octanol–water partition coefficient (Wildman–Crippen LogP) is 3.11. The van der Waals surface area contributed by atoms with Gasteiger partial charge in [-0.25, -0.2) is 4.99 Å². The van der Waals surface area contributed by atoms with Gasteiger partial charge in [-0.15, -0.1) is 11.3 Å². The summed E-state index contributed by atoms with van der Waals surface area (Å²) < 4.78 is 5.19. The van der Waals surface area contributed by atoms with Gasteiger partial charge in [-0.1, -0.05) is 18.2 Å². The van der Waals surface area contributed by atoms with Gasteiger partial charge in [0.2, 0.25) is 0 Å². The van der Waals surface area contributed by atoms with Gasteiger partial charge in [-0.3, -0.25) is 0 Å². The highest BCUT2D eigenvalue weighted by Gasteiger charge is 2.15. The number of aliphatic imine (C=N–C) groups is 1. The number of benzene rings is 1. The van der Waals surface area contributed by atoms with E-state index in [1.165, 1.54) is 4.88 Å². The van der Waals surface area contributed by atoms with Crippen molar-refractivity contribution in [1.29, 1.82) is 0 Å². The second kappa shape index (κ2) is 10.1. The Bertz CT molecular complexity index is 638. The number of thiophene rings is 1. The van der Waals surface area contributed by atoms with Crippen molar-refractivity contribution in [3.05, 3.63) is 52.2 Å². The Morgan fingerprint density at radius 2 is 1.96 bits per heavy atom. The van der Waals surface area contributed by atoms with Gasteiger partial charge in [0.25, 0.3) is 0 Å². The third-order valence-corrected chi connectivity index (χ3v) is 4.85. The molecule has 0 saturated heterocycles. The van der Waals surface area contributed by atoms with Crippen LogP contribution in [0.4, 0.5) is 0 Å². The highest BCUT2D eigenvalue weighted by molar-refractivity contribution is 7.10. The van der Waals surface area contributed by atoms with Crippen molar-refractivity contribution in [1.82, 2.24) is 15.5 Å². The first-order valence-corrected chi connectivity index (χ1v) is 9.37. The van der Waals surface area contributed by atoms with E-state index in [1.807, 2.05) is 24.3 Å². The summed E-state index contributed by atoms with van der Waals surface area (Å²) in [5.41, 5.74) is 1.15. The maximum atomic E-state index is 5.19. The maximum Gasteiger partial charge on any atom is 0.191 e. The van der Waals surface area contributed by atoms with Crippen LogP contribution in [0.5, 0.6) is 5.75 Å². The zero-order valence-corrected chi connectivity index (χ0v) is 16.3. The molecule has 2 rings (SSSR count). The molecule has 0 aliphatic heterocycles. The summed E-state index contributed by atoms with van der Waals surface area (Å²) in [6.45, 7) is 4.35. The number of ether oxygens (including phenoxy) is 1. The Morgan fingerprint density at radius 1 is 1.20 bits per heavy atom. The lowest BCUT2D eigenvalue weighted by Gasteiger charge is -2.24. The molecule has 0 spiro atoms. The first kappa shape index (κ1) is 19.3. The lowest BCUT2D eigenvalue weighted by atomic mass is 10.2. The molecular weight excluding hydrogens is 332 g/mol. The third-order valence-electron chi connectivity index (χ3n) is 3.88. The molecule has 0 amide bonds. The molecule has 0 aliphatic carbocycles. The fourth-order valence-corrected chi connectivity index (χ4v) is 3.38. The lowest BCUT2D eigenvalue weighted by Crippen LogP contribution is -2.41. The van der Waals surface area contributed by atoms with E-state index in [0.29, 0.717) is 12.6 Å². The fraction of sp³-hybridized carbons (Fsp3) is 0.421. The SMILES string of the molecule is CCNC(=NCc1ccc(OC)cc1)NCC(c1cccs1)N(C)C. The molecule has 1 unspecified atom stereocenters. The molecule has 1 aromatic heterocycles. The summed E-state index contributed by atoms with van der Waals surface area (Å²) in [6.07, 6.45) is 0. The first-order chi connectivity index (χ1) is 12.1. The van der Waals surface area contributed by atoms with Crippen molar-refractivity contribution in [2.24, 2.45) is 4.99 Å². The molecule has 0 saturated carbocycles. The van der Waals surface area contributed by atoms with Crippen LogP contribution in [0.25, 0.3) is 0 Å². The van der Waals surface area contributed by atoms with E-state index < -0.39 is 0 Å². The van der Waals surface area contributed by atoms with Gasteiger partial charge < -0.3 is 20.3 Å². The zero-order chi connectivity index (χ0) is 18.1. The number of hydrogen-bond donors (Lipinski definition) is 2. The number of rotatable bonds is 8. The van der Waals surface area contributed by atoms with E-state index in [1.54, 1.807) is 18.4 Å². The number of guanidine groups is 1. The van der Waals surface area contributed by atoms with Crippen LogP contribution in [0, 0.1) is 0 Å². The highest BCUT2D eigenvalue weighted by atomic mass is 32.1. The van der Waals surface area contributed by atoms with E-state index in [-0.39, 0.29) is 0 Å². The van der Waals surface area contributed by atoms with Crippen LogP contribution in [-0.2, 0) is 6.54 Å². The van der Waals surface area contributed by atoms with Crippen LogP contribution in [0.15, 0.2) is 46.8 Å².